The topological polar surface area (TPSA) is 73.9 Å². The standard InChI is InChI=1S/C21H33NO5/c1-7-9-10-13-21(4,26-6)20(24)22-16-11-12-18(27-15(3)8-2)17(14-16)19(23)25-5/h11-12,14-15H,7-10,13H2,1-6H3,(H,22,24)/t15-,21-/m0/s1. The van der Waals surface area contributed by atoms with E-state index < -0.39 is 11.6 Å². The Bertz CT molecular complexity index is 631. The highest BCUT2D eigenvalue weighted by Crippen LogP contribution is 2.27. The molecule has 0 aliphatic rings. The molecule has 0 spiro atoms. The van der Waals surface area contributed by atoms with Gasteiger partial charge in [0.25, 0.3) is 5.91 Å². The highest BCUT2D eigenvalue weighted by molar-refractivity contribution is 5.99. The van der Waals surface area contributed by atoms with Crippen molar-refractivity contribution in [3.05, 3.63) is 23.8 Å². The molecule has 0 radical (unpaired) electrons. The number of hydrogen-bond acceptors (Lipinski definition) is 5. The van der Waals surface area contributed by atoms with E-state index in [1.54, 1.807) is 25.1 Å². The van der Waals surface area contributed by atoms with E-state index in [0.29, 0.717) is 17.9 Å². The molecule has 1 aromatic carbocycles. The van der Waals surface area contributed by atoms with Gasteiger partial charge in [0.1, 0.15) is 16.9 Å². The molecular formula is C21H33NO5. The minimum atomic E-state index is -0.924. The quantitative estimate of drug-likeness (QED) is 0.450. The van der Waals surface area contributed by atoms with Crippen LogP contribution in [0.1, 0.15) is 70.2 Å². The zero-order valence-corrected chi connectivity index (χ0v) is 17.4. The van der Waals surface area contributed by atoms with Gasteiger partial charge < -0.3 is 19.5 Å². The highest BCUT2D eigenvalue weighted by atomic mass is 16.5. The third kappa shape index (κ3) is 6.54. The SMILES string of the molecule is CCCCC[C@](C)(OC)C(=O)Nc1ccc(O[C@@H](C)CC)c(C(=O)OC)c1. The molecule has 1 rings (SSSR count). The van der Waals surface area contributed by atoms with Gasteiger partial charge in [0.2, 0.25) is 0 Å². The molecule has 2 atom stereocenters. The van der Waals surface area contributed by atoms with Gasteiger partial charge in [0.15, 0.2) is 0 Å². The summed E-state index contributed by atoms with van der Waals surface area (Å²) >= 11 is 0. The molecule has 0 aromatic heterocycles. The molecule has 1 aromatic rings. The van der Waals surface area contributed by atoms with Crippen molar-refractivity contribution in [1.82, 2.24) is 0 Å². The van der Waals surface area contributed by atoms with Crippen molar-refractivity contribution < 1.29 is 23.8 Å². The van der Waals surface area contributed by atoms with Gasteiger partial charge in [-0.2, -0.15) is 0 Å². The lowest BCUT2D eigenvalue weighted by Gasteiger charge is -2.27. The van der Waals surface area contributed by atoms with Crippen molar-refractivity contribution in [1.29, 1.82) is 0 Å². The lowest BCUT2D eigenvalue weighted by Crippen LogP contribution is -2.42. The van der Waals surface area contributed by atoms with Crippen LogP contribution in [-0.2, 0) is 14.3 Å². The zero-order chi connectivity index (χ0) is 20.4. The number of anilines is 1. The molecule has 6 nitrogen and oxygen atoms in total. The first kappa shape index (κ1) is 23.0. The molecule has 0 heterocycles. The second kappa shape index (κ2) is 10.9. The number of esters is 1. The molecule has 0 bridgehead atoms. The van der Waals surface area contributed by atoms with Gasteiger partial charge in [-0.25, -0.2) is 4.79 Å². The van der Waals surface area contributed by atoms with Crippen LogP contribution < -0.4 is 10.1 Å². The predicted octanol–water partition coefficient (Wildman–Crippen LogP) is 4.57. The van der Waals surface area contributed by atoms with Gasteiger partial charge in [-0.05, 0) is 44.9 Å². The average molecular weight is 379 g/mol. The Hall–Kier alpha value is -2.08. The number of nitrogens with one attached hydrogen (secondary N) is 1. The molecule has 27 heavy (non-hydrogen) atoms. The molecule has 0 aliphatic carbocycles. The van der Waals surface area contributed by atoms with Crippen LogP contribution in [0.2, 0.25) is 0 Å². The number of ether oxygens (including phenoxy) is 3. The van der Waals surface area contributed by atoms with E-state index in [-0.39, 0.29) is 17.6 Å². The molecule has 1 N–H and O–H groups in total. The Kier molecular flexibility index (Phi) is 9.29. The van der Waals surface area contributed by atoms with Crippen molar-refractivity contribution in [2.75, 3.05) is 19.5 Å². The minimum Gasteiger partial charge on any atom is -0.490 e. The fourth-order valence-electron chi connectivity index (χ4n) is 2.56. The van der Waals surface area contributed by atoms with Gasteiger partial charge in [0.05, 0.1) is 13.2 Å². The maximum Gasteiger partial charge on any atom is 0.341 e. The summed E-state index contributed by atoms with van der Waals surface area (Å²) in [5, 5.41) is 2.85. The maximum atomic E-state index is 12.7. The number of carbonyl (C=O) groups excluding carboxylic acids is 2. The molecule has 6 heteroatoms. The second-order valence-corrected chi connectivity index (χ2v) is 6.89. The van der Waals surface area contributed by atoms with E-state index in [1.165, 1.54) is 14.2 Å². The van der Waals surface area contributed by atoms with Gasteiger partial charge in [-0.1, -0.05) is 33.1 Å². The first-order chi connectivity index (χ1) is 12.8. The molecular weight excluding hydrogens is 346 g/mol. The summed E-state index contributed by atoms with van der Waals surface area (Å²) in [6, 6.07) is 4.96. The van der Waals surface area contributed by atoms with Crippen LogP contribution in [0, 0.1) is 0 Å². The Morgan fingerprint density at radius 2 is 1.89 bits per heavy atom. The second-order valence-electron chi connectivity index (χ2n) is 6.89. The normalized spacial score (nSPS) is 14.1. The van der Waals surface area contributed by atoms with E-state index in [9.17, 15) is 9.59 Å². The molecule has 0 unspecified atom stereocenters. The molecule has 0 saturated carbocycles. The zero-order valence-electron chi connectivity index (χ0n) is 17.4. The number of amides is 1. The van der Waals surface area contributed by atoms with E-state index in [1.807, 2.05) is 13.8 Å². The van der Waals surface area contributed by atoms with Crippen LogP contribution in [0.15, 0.2) is 18.2 Å². The van der Waals surface area contributed by atoms with Crippen molar-refractivity contribution >= 4 is 17.6 Å². The summed E-state index contributed by atoms with van der Waals surface area (Å²) in [5.41, 5.74) is -0.150. The summed E-state index contributed by atoms with van der Waals surface area (Å²) < 4.78 is 16.1. The smallest absolute Gasteiger partial charge is 0.341 e. The van der Waals surface area contributed by atoms with E-state index in [0.717, 1.165) is 25.7 Å². The monoisotopic (exact) mass is 379 g/mol. The van der Waals surface area contributed by atoms with Crippen LogP contribution in [0.25, 0.3) is 0 Å². The molecule has 1 amide bonds. The van der Waals surface area contributed by atoms with E-state index >= 15 is 0 Å². The summed E-state index contributed by atoms with van der Waals surface area (Å²) in [4.78, 5) is 24.9. The fraction of sp³-hybridized carbons (Fsp3) is 0.619. The summed E-state index contributed by atoms with van der Waals surface area (Å²) in [7, 11) is 2.85. The number of benzene rings is 1. The summed E-state index contributed by atoms with van der Waals surface area (Å²) in [5.74, 6) is -0.319. The van der Waals surface area contributed by atoms with Gasteiger partial charge in [0, 0.05) is 12.8 Å². The van der Waals surface area contributed by atoms with Crippen LogP contribution in [-0.4, -0.2) is 37.8 Å². The summed E-state index contributed by atoms with van der Waals surface area (Å²) in [6.45, 7) is 7.82. The fourth-order valence-corrected chi connectivity index (χ4v) is 2.56. The number of methoxy groups -OCH3 is 2. The van der Waals surface area contributed by atoms with Gasteiger partial charge >= 0.3 is 5.97 Å². The molecule has 0 saturated heterocycles. The van der Waals surface area contributed by atoms with Crippen molar-refractivity contribution in [2.24, 2.45) is 0 Å². The van der Waals surface area contributed by atoms with Gasteiger partial charge in [-0.3, -0.25) is 4.79 Å². The third-order valence-corrected chi connectivity index (χ3v) is 4.73. The molecule has 0 aliphatic heterocycles. The first-order valence-corrected chi connectivity index (χ1v) is 9.56. The molecule has 0 fully saturated rings. The Labute approximate surface area is 162 Å². The lowest BCUT2D eigenvalue weighted by atomic mass is 9.96. The van der Waals surface area contributed by atoms with Crippen molar-refractivity contribution in [2.45, 2.75) is 71.5 Å². The summed E-state index contributed by atoms with van der Waals surface area (Å²) in [6.07, 6.45) is 4.42. The largest absolute Gasteiger partial charge is 0.490 e. The Morgan fingerprint density at radius 3 is 2.44 bits per heavy atom. The van der Waals surface area contributed by atoms with Crippen LogP contribution in [0.5, 0.6) is 5.75 Å². The Morgan fingerprint density at radius 1 is 1.19 bits per heavy atom. The van der Waals surface area contributed by atoms with E-state index in [2.05, 4.69) is 12.2 Å². The number of hydrogen-bond donors (Lipinski definition) is 1. The third-order valence-electron chi connectivity index (χ3n) is 4.73. The predicted molar refractivity (Wildman–Crippen MR) is 106 cm³/mol. The number of carbonyl (C=O) groups is 2. The first-order valence-electron chi connectivity index (χ1n) is 9.56. The van der Waals surface area contributed by atoms with Crippen molar-refractivity contribution in [3.8, 4) is 5.75 Å². The average Bonchev–Trinajstić information content (AvgIpc) is 2.68. The number of rotatable bonds is 11. The lowest BCUT2D eigenvalue weighted by molar-refractivity contribution is -0.136. The van der Waals surface area contributed by atoms with Crippen molar-refractivity contribution in [3.63, 3.8) is 0 Å². The van der Waals surface area contributed by atoms with Crippen LogP contribution in [0.3, 0.4) is 0 Å². The highest BCUT2D eigenvalue weighted by Gasteiger charge is 2.32. The number of unbranched alkanes of at least 4 members (excludes halogenated alkanes) is 2. The Balaban J connectivity index is 3.02. The van der Waals surface area contributed by atoms with E-state index in [4.69, 9.17) is 14.2 Å². The van der Waals surface area contributed by atoms with Crippen LogP contribution in [0.4, 0.5) is 5.69 Å². The van der Waals surface area contributed by atoms with Gasteiger partial charge in [-0.15, -0.1) is 0 Å². The van der Waals surface area contributed by atoms with Crippen LogP contribution >= 0.6 is 0 Å². The minimum absolute atomic E-state index is 0.0378. The maximum absolute atomic E-state index is 12.7. The molecule has 152 valence electrons.